The molecule has 0 aliphatic heterocycles. The van der Waals surface area contributed by atoms with Crippen LogP contribution in [0.2, 0.25) is 0 Å². The quantitative estimate of drug-likeness (QED) is 0.685. The van der Waals surface area contributed by atoms with E-state index in [9.17, 15) is 9.59 Å². The second-order valence-corrected chi connectivity index (χ2v) is 4.38. The lowest BCUT2D eigenvalue weighted by Crippen LogP contribution is -2.09. The molecule has 0 bridgehead atoms. The third kappa shape index (κ3) is 3.23. The standard InChI is InChI=1S/C16H14O4/c1-11(15(17)18)12-7-9-14(10-8-12)20-16(19)13-5-3-2-4-6-13/h2-11H,1H3,(H,17,18)/t11-/m0/s1. The van der Waals surface area contributed by atoms with Gasteiger partial charge < -0.3 is 9.84 Å². The average Bonchev–Trinajstić information content (AvgIpc) is 2.48. The summed E-state index contributed by atoms with van der Waals surface area (Å²) >= 11 is 0. The van der Waals surface area contributed by atoms with E-state index in [-0.39, 0.29) is 0 Å². The molecule has 2 aromatic rings. The highest BCUT2D eigenvalue weighted by Crippen LogP contribution is 2.20. The average molecular weight is 270 g/mol. The first-order valence-electron chi connectivity index (χ1n) is 6.18. The Morgan fingerprint density at radius 1 is 1.00 bits per heavy atom. The number of rotatable bonds is 4. The zero-order valence-corrected chi connectivity index (χ0v) is 10.9. The molecule has 2 rings (SSSR count). The number of hydrogen-bond acceptors (Lipinski definition) is 3. The van der Waals surface area contributed by atoms with Gasteiger partial charge in [0, 0.05) is 0 Å². The van der Waals surface area contributed by atoms with Crippen LogP contribution in [0.25, 0.3) is 0 Å². The van der Waals surface area contributed by atoms with Gasteiger partial charge in [-0.3, -0.25) is 4.79 Å². The number of aliphatic carboxylic acids is 1. The van der Waals surface area contributed by atoms with Gasteiger partial charge in [0.25, 0.3) is 0 Å². The van der Waals surface area contributed by atoms with E-state index in [1.165, 1.54) is 0 Å². The van der Waals surface area contributed by atoms with Crippen LogP contribution in [-0.2, 0) is 4.79 Å². The van der Waals surface area contributed by atoms with E-state index < -0.39 is 17.9 Å². The van der Waals surface area contributed by atoms with Crippen LogP contribution in [-0.4, -0.2) is 17.0 Å². The van der Waals surface area contributed by atoms with Crippen molar-refractivity contribution in [1.29, 1.82) is 0 Å². The van der Waals surface area contributed by atoms with Gasteiger partial charge in [-0.25, -0.2) is 4.79 Å². The van der Waals surface area contributed by atoms with Gasteiger partial charge in [0.2, 0.25) is 0 Å². The first-order valence-corrected chi connectivity index (χ1v) is 6.18. The molecule has 0 radical (unpaired) electrons. The van der Waals surface area contributed by atoms with Crippen molar-refractivity contribution in [3.8, 4) is 5.75 Å². The van der Waals surface area contributed by atoms with Gasteiger partial charge in [-0.1, -0.05) is 30.3 Å². The largest absolute Gasteiger partial charge is 0.481 e. The van der Waals surface area contributed by atoms with E-state index in [1.807, 2.05) is 6.07 Å². The number of carbonyl (C=O) groups is 2. The Bertz CT molecular complexity index is 602. The van der Waals surface area contributed by atoms with Crippen LogP contribution in [0, 0.1) is 0 Å². The highest BCUT2D eigenvalue weighted by atomic mass is 16.5. The molecular weight excluding hydrogens is 256 g/mol. The first kappa shape index (κ1) is 13.8. The second-order valence-electron chi connectivity index (χ2n) is 4.38. The highest BCUT2D eigenvalue weighted by Gasteiger charge is 2.14. The molecule has 0 unspecified atom stereocenters. The Kier molecular flexibility index (Phi) is 4.15. The molecule has 2 aromatic carbocycles. The van der Waals surface area contributed by atoms with Crippen LogP contribution in [0.5, 0.6) is 5.75 Å². The van der Waals surface area contributed by atoms with Gasteiger partial charge in [-0.15, -0.1) is 0 Å². The van der Waals surface area contributed by atoms with E-state index in [0.29, 0.717) is 16.9 Å². The molecule has 1 atom stereocenters. The minimum absolute atomic E-state index is 0.389. The predicted octanol–water partition coefficient (Wildman–Crippen LogP) is 3.09. The van der Waals surface area contributed by atoms with Crippen molar-refractivity contribution in [2.45, 2.75) is 12.8 Å². The zero-order valence-electron chi connectivity index (χ0n) is 10.9. The maximum atomic E-state index is 11.8. The number of carboxylic acid groups (broad SMARTS) is 1. The van der Waals surface area contributed by atoms with Crippen molar-refractivity contribution in [3.05, 3.63) is 65.7 Å². The molecule has 0 amide bonds. The lowest BCUT2D eigenvalue weighted by atomic mass is 10.0. The molecule has 102 valence electrons. The normalized spacial score (nSPS) is 11.7. The van der Waals surface area contributed by atoms with Crippen molar-refractivity contribution >= 4 is 11.9 Å². The fourth-order valence-corrected chi connectivity index (χ4v) is 1.71. The smallest absolute Gasteiger partial charge is 0.343 e. The van der Waals surface area contributed by atoms with E-state index in [4.69, 9.17) is 9.84 Å². The Hall–Kier alpha value is -2.62. The third-order valence-corrected chi connectivity index (χ3v) is 2.97. The molecule has 0 saturated carbocycles. The van der Waals surface area contributed by atoms with Gasteiger partial charge in [0.15, 0.2) is 0 Å². The van der Waals surface area contributed by atoms with E-state index in [2.05, 4.69) is 0 Å². The Morgan fingerprint density at radius 2 is 1.60 bits per heavy atom. The molecule has 0 spiro atoms. The molecule has 20 heavy (non-hydrogen) atoms. The van der Waals surface area contributed by atoms with E-state index in [0.717, 1.165) is 0 Å². The topological polar surface area (TPSA) is 63.6 Å². The summed E-state index contributed by atoms with van der Waals surface area (Å²) < 4.78 is 5.21. The van der Waals surface area contributed by atoms with Crippen molar-refractivity contribution in [2.24, 2.45) is 0 Å². The first-order chi connectivity index (χ1) is 9.58. The Morgan fingerprint density at radius 3 is 2.15 bits per heavy atom. The molecule has 0 aliphatic carbocycles. The van der Waals surface area contributed by atoms with Gasteiger partial charge >= 0.3 is 11.9 Å². The molecule has 0 fully saturated rings. The van der Waals surface area contributed by atoms with Crippen molar-refractivity contribution in [3.63, 3.8) is 0 Å². The lowest BCUT2D eigenvalue weighted by Gasteiger charge is -2.08. The van der Waals surface area contributed by atoms with Crippen molar-refractivity contribution in [2.75, 3.05) is 0 Å². The summed E-state index contributed by atoms with van der Waals surface area (Å²) in [6, 6.07) is 15.2. The molecule has 1 N–H and O–H groups in total. The summed E-state index contributed by atoms with van der Waals surface area (Å²) in [5.41, 5.74) is 1.13. The predicted molar refractivity (Wildman–Crippen MR) is 73.9 cm³/mol. The number of carboxylic acids is 1. The summed E-state index contributed by atoms with van der Waals surface area (Å²) in [6.45, 7) is 1.60. The van der Waals surface area contributed by atoms with Gasteiger partial charge in [-0.2, -0.15) is 0 Å². The zero-order chi connectivity index (χ0) is 14.5. The molecule has 4 heteroatoms. The Labute approximate surface area is 116 Å². The molecule has 0 heterocycles. The molecule has 4 nitrogen and oxygen atoms in total. The molecule has 0 aliphatic rings. The molecular formula is C16H14O4. The summed E-state index contributed by atoms with van der Waals surface area (Å²) in [7, 11) is 0. The van der Waals surface area contributed by atoms with Crippen molar-refractivity contribution < 1.29 is 19.4 Å². The SMILES string of the molecule is C[C@H](C(=O)O)c1ccc(OC(=O)c2ccccc2)cc1. The minimum Gasteiger partial charge on any atom is -0.481 e. The third-order valence-electron chi connectivity index (χ3n) is 2.97. The highest BCUT2D eigenvalue weighted by molar-refractivity contribution is 5.90. The number of benzene rings is 2. The van der Waals surface area contributed by atoms with Gasteiger partial charge in [0.05, 0.1) is 11.5 Å². The summed E-state index contributed by atoms with van der Waals surface area (Å²) in [5.74, 6) is -1.53. The summed E-state index contributed by atoms with van der Waals surface area (Å²) in [4.78, 5) is 22.7. The van der Waals surface area contributed by atoms with Crippen LogP contribution in [0.1, 0.15) is 28.8 Å². The van der Waals surface area contributed by atoms with Crippen LogP contribution < -0.4 is 4.74 Å². The van der Waals surface area contributed by atoms with E-state index >= 15 is 0 Å². The second kappa shape index (κ2) is 6.02. The number of ether oxygens (including phenoxy) is 1. The van der Waals surface area contributed by atoms with Gasteiger partial charge in [0.1, 0.15) is 5.75 Å². The molecule has 0 aromatic heterocycles. The number of esters is 1. The number of carbonyl (C=O) groups excluding carboxylic acids is 1. The van der Waals surface area contributed by atoms with Crippen LogP contribution >= 0.6 is 0 Å². The van der Waals surface area contributed by atoms with E-state index in [1.54, 1.807) is 55.5 Å². The molecule has 0 saturated heterocycles. The maximum absolute atomic E-state index is 11.8. The fraction of sp³-hybridized carbons (Fsp3) is 0.125. The Balaban J connectivity index is 2.08. The fourth-order valence-electron chi connectivity index (χ4n) is 1.71. The van der Waals surface area contributed by atoms with Crippen LogP contribution in [0.3, 0.4) is 0 Å². The lowest BCUT2D eigenvalue weighted by molar-refractivity contribution is -0.138. The summed E-state index contributed by atoms with van der Waals surface area (Å²) in [5, 5.41) is 8.91. The minimum atomic E-state index is -0.890. The maximum Gasteiger partial charge on any atom is 0.343 e. The monoisotopic (exact) mass is 270 g/mol. The summed E-state index contributed by atoms with van der Waals surface area (Å²) in [6.07, 6.45) is 0. The van der Waals surface area contributed by atoms with Crippen LogP contribution in [0.4, 0.5) is 0 Å². The number of hydrogen-bond donors (Lipinski definition) is 1. The van der Waals surface area contributed by atoms with Crippen LogP contribution in [0.15, 0.2) is 54.6 Å². The van der Waals surface area contributed by atoms with Crippen molar-refractivity contribution in [1.82, 2.24) is 0 Å². The van der Waals surface area contributed by atoms with Gasteiger partial charge in [-0.05, 0) is 36.8 Å².